The quantitative estimate of drug-likeness (QED) is 0.0499. The van der Waals surface area contributed by atoms with Crippen LogP contribution >= 0.6 is 0 Å². The van der Waals surface area contributed by atoms with Gasteiger partial charge >= 0.3 is 30.1 Å². The van der Waals surface area contributed by atoms with E-state index in [4.69, 9.17) is 28.4 Å². The van der Waals surface area contributed by atoms with Gasteiger partial charge < -0.3 is 49.2 Å². The van der Waals surface area contributed by atoms with Gasteiger partial charge in [0.1, 0.15) is 25.3 Å². The molecule has 48 heavy (non-hydrogen) atoms. The fourth-order valence-corrected chi connectivity index (χ4v) is 4.01. The summed E-state index contributed by atoms with van der Waals surface area (Å²) >= 11 is 0. The minimum absolute atomic E-state index is 0.0322. The molecule has 1 saturated heterocycles. The standard InChI is InChI=1S/C27H41F3N4O14/c1-15(35)34-22-24(46-18(4)38)23(45-17(3)37)19(14-44-16(2)36)47-25(22)43-11-6-10-42-12-9-32-20(39)7-5-8-31-21(40)13-33-48-26(41)27(28,29)30/h19,22-25,33H,5-14H2,1-4H3,(H,31,40)(H,32,39)(H,34,35). The van der Waals surface area contributed by atoms with Crippen molar-refractivity contribution in [3.05, 3.63) is 0 Å². The zero-order valence-corrected chi connectivity index (χ0v) is 26.8. The van der Waals surface area contributed by atoms with Crippen molar-refractivity contribution >= 4 is 41.6 Å². The second-order valence-electron chi connectivity index (χ2n) is 10.1. The molecule has 0 aromatic heterocycles. The molecule has 1 aliphatic rings. The lowest BCUT2D eigenvalue weighted by atomic mass is 9.96. The number of alkyl halides is 3. The molecule has 18 nitrogen and oxygen atoms in total. The molecule has 0 aromatic carbocycles. The molecule has 0 aromatic rings. The molecular weight excluding hydrogens is 661 g/mol. The van der Waals surface area contributed by atoms with E-state index >= 15 is 0 Å². The summed E-state index contributed by atoms with van der Waals surface area (Å²) in [7, 11) is 0. The summed E-state index contributed by atoms with van der Waals surface area (Å²) in [5.41, 5.74) is 1.59. The van der Waals surface area contributed by atoms with Crippen molar-refractivity contribution in [2.45, 2.75) is 83.8 Å². The maximum atomic E-state index is 12.0. The lowest BCUT2D eigenvalue weighted by molar-refractivity contribution is -0.278. The molecule has 1 fully saturated rings. The fraction of sp³-hybridized carbons (Fsp3) is 0.741. The highest BCUT2D eigenvalue weighted by atomic mass is 19.4. The van der Waals surface area contributed by atoms with E-state index in [1.54, 1.807) is 5.48 Å². The third kappa shape index (κ3) is 17.7. The van der Waals surface area contributed by atoms with E-state index in [9.17, 15) is 46.7 Å². The van der Waals surface area contributed by atoms with E-state index in [-0.39, 0.29) is 58.3 Å². The first kappa shape index (κ1) is 41.9. The van der Waals surface area contributed by atoms with Crippen LogP contribution in [0.15, 0.2) is 0 Å². The minimum atomic E-state index is -5.20. The Kier molecular flexibility index (Phi) is 19.0. The maximum absolute atomic E-state index is 12.0. The Balaban J connectivity index is 2.44. The first-order valence-electron chi connectivity index (χ1n) is 14.6. The Morgan fingerprint density at radius 3 is 2.02 bits per heavy atom. The van der Waals surface area contributed by atoms with E-state index < -0.39 is 79.1 Å². The molecule has 3 amide bonds. The number of halogens is 3. The molecule has 4 N–H and O–H groups in total. The number of hydrogen-bond acceptors (Lipinski definition) is 15. The van der Waals surface area contributed by atoms with Gasteiger partial charge in [0.05, 0.1) is 13.2 Å². The Labute approximate surface area is 273 Å². The van der Waals surface area contributed by atoms with E-state index in [2.05, 4.69) is 20.8 Å². The summed E-state index contributed by atoms with van der Waals surface area (Å²) in [5.74, 6) is -6.22. The highest BCUT2D eigenvalue weighted by molar-refractivity contribution is 5.79. The van der Waals surface area contributed by atoms with Crippen LogP contribution < -0.4 is 21.4 Å². The molecule has 21 heteroatoms. The van der Waals surface area contributed by atoms with Gasteiger partial charge in [-0.1, -0.05) is 0 Å². The minimum Gasteiger partial charge on any atom is -0.463 e. The molecule has 1 rings (SSSR count). The van der Waals surface area contributed by atoms with Crippen LogP contribution in [0.3, 0.4) is 0 Å². The van der Waals surface area contributed by atoms with Crippen molar-refractivity contribution in [1.29, 1.82) is 0 Å². The molecule has 5 unspecified atom stereocenters. The number of esters is 3. The van der Waals surface area contributed by atoms with Gasteiger partial charge in [-0.2, -0.15) is 13.2 Å². The van der Waals surface area contributed by atoms with Crippen LogP contribution in [-0.2, 0) is 66.8 Å². The van der Waals surface area contributed by atoms with Crippen molar-refractivity contribution in [1.82, 2.24) is 21.4 Å². The van der Waals surface area contributed by atoms with Crippen LogP contribution in [0, 0.1) is 0 Å². The third-order valence-electron chi connectivity index (χ3n) is 5.89. The average molecular weight is 703 g/mol. The van der Waals surface area contributed by atoms with Crippen LogP contribution in [0.4, 0.5) is 13.2 Å². The molecule has 0 bridgehead atoms. The number of hydroxylamine groups is 1. The van der Waals surface area contributed by atoms with Gasteiger partial charge in [0.15, 0.2) is 18.5 Å². The lowest BCUT2D eigenvalue weighted by Gasteiger charge is -2.44. The average Bonchev–Trinajstić information content (AvgIpc) is 2.97. The summed E-state index contributed by atoms with van der Waals surface area (Å²) < 4.78 is 68.9. The van der Waals surface area contributed by atoms with Crippen LogP contribution in [0.25, 0.3) is 0 Å². The number of amides is 3. The Morgan fingerprint density at radius 2 is 1.42 bits per heavy atom. The first-order chi connectivity index (χ1) is 22.5. The predicted molar refractivity (Wildman–Crippen MR) is 151 cm³/mol. The van der Waals surface area contributed by atoms with Gasteiger partial charge in [0, 0.05) is 53.8 Å². The van der Waals surface area contributed by atoms with E-state index in [1.807, 2.05) is 0 Å². The van der Waals surface area contributed by atoms with Crippen molar-refractivity contribution in [2.75, 3.05) is 46.1 Å². The molecule has 1 heterocycles. The zero-order valence-electron chi connectivity index (χ0n) is 26.8. The second kappa shape index (κ2) is 21.7. The highest BCUT2D eigenvalue weighted by Crippen LogP contribution is 2.28. The van der Waals surface area contributed by atoms with E-state index in [1.165, 1.54) is 6.92 Å². The van der Waals surface area contributed by atoms with E-state index in [0.29, 0.717) is 6.42 Å². The highest BCUT2D eigenvalue weighted by Gasteiger charge is 2.51. The molecule has 0 saturated carbocycles. The number of ether oxygens (including phenoxy) is 6. The molecule has 1 aliphatic heterocycles. The second-order valence-corrected chi connectivity index (χ2v) is 10.1. The first-order valence-corrected chi connectivity index (χ1v) is 14.6. The van der Waals surface area contributed by atoms with Gasteiger partial charge in [-0.3, -0.25) is 28.8 Å². The molecule has 0 radical (unpaired) electrons. The van der Waals surface area contributed by atoms with Gasteiger partial charge in [0.2, 0.25) is 17.7 Å². The molecule has 0 spiro atoms. The van der Waals surface area contributed by atoms with Crippen molar-refractivity contribution < 1.29 is 80.0 Å². The largest absolute Gasteiger partial charge is 0.492 e. The Morgan fingerprint density at radius 1 is 0.771 bits per heavy atom. The molecule has 0 aliphatic carbocycles. The number of carbonyl (C=O) groups excluding carboxylic acids is 7. The van der Waals surface area contributed by atoms with Crippen molar-refractivity contribution in [3.8, 4) is 0 Å². The van der Waals surface area contributed by atoms with Gasteiger partial charge in [0.25, 0.3) is 0 Å². The normalized spacial score (nSPS) is 20.5. The summed E-state index contributed by atoms with van der Waals surface area (Å²) in [6.07, 6.45) is -9.43. The monoisotopic (exact) mass is 702 g/mol. The summed E-state index contributed by atoms with van der Waals surface area (Å²) in [4.78, 5) is 84.7. The SMILES string of the molecule is CC(=O)NC1C(OCCCOCCNC(=O)CCCNC(=O)CNOC(=O)C(F)(F)F)OC(COC(C)=O)C(OC(C)=O)C1OC(C)=O. The topological polar surface area (TPSA) is 232 Å². The fourth-order valence-electron chi connectivity index (χ4n) is 4.01. The predicted octanol–water partition coefficient (Wildman–Crippen LogP) is -1.31. The van der Waals surface area contributed by atoms with Crippen LogP contribution in [0.2, 0.25) is 0 Å². The van der Waals surface area contributed by atoms with Gasteiger partial charge in [-0.05, 0) is 12.8 Å². The Bertz CT molecular complexity index is 1110. The number of nitrogens with one attached hydrogen (secondary N) is 4. The van der Waals surface area contributed by atoms with Crippen LogP contribution in [0.5, 0.6) is 0 Å². The number of hydrogen-bond donors (Lipinski definition) is 4. The van der Waals surface area contributed by atoms with Crippen LogP contribution in [-0.4, -0.2) is 124 Å². The third-order valence-corrected chi connectivity index (χ3v) is 5.89. The van der Waals surface area contributed by atoms with Crippen molar-refractivity contribution in [3.63, 3.8) is 0 Å². The maximum Gasteiger partial charge on any atom is 0.492 e. The van der Waals surface area contributed by atoms with Crippen LogP contribution in [0.1, 0.15) is 47.0 Å². The summed E-state index contributed by atoms with van der Waals surface area (Å²) in [6, 6.07) is -1.10. The molecule has 5 atom stereocenters. The number of carbonyl (C=O) groups is 7. The zero-order chi connectivity index (χ0) is 36.3. The molecule has 274 valence electrons. The lowest BCUT2D eigenvalue weighted by Crippen LogP contribution is -2.66. The van der Waals surface area contributed by atoms with Gasteiger partial charge in [-0.15, -0.1) is 5.48 Å². The smallest absolute Gasteiger partial charge is 0.463 e. The summed E-state index contributed by atoms with van der Waals surface area (Å²) in [5, 5.41) is 7.52. The number of rotatable bonds is 20. The van der Waals surface area contributed by atoms with Crippen molar-refractivity contribution in [2.24, 2.45) is 0 Å². The summed E-state index contributed by atoms with van der Waals surface area (Å²) in [6.45, 7) is 4.12. The van der Waals surface area contributed by atoms with E-state index in [0.717, 1.165) is 20.8 Å². The Hall–Kier alpha value is -4.08. The van der Waals surface area contributed by atoms with Gasteiger partial charge in [-0.25, -0.2) is 4.79 Å². The molecular formula is C27H41F3N4O14.